The standard InChI is InChI=1S/C18H24N2O5/c1-4-19-18(23)13(3)20-16(21)12-25-17(22)11-10-14-8-6-7-9-15(14)24-5-2/h6-11,13H,4-5,12H2,1-3H3,(H,19,23)(H,20,21)/b11-10+/t13-/m1/s1. The van der Waals surface area contributed by atoms with Gasteiger partial charge in [0, 0.05) is 18.2 Å². The van der Waals surface area contributed by atoms with Crippen LogP contribution in [0.3, 0.4) is 0 Å². The molecule has 0 aliphatic carbocycles. The minimum absolute atomic E-state index is 0.297. The van der Waals surface area contributed by atoms with E-state index in [1.807, 2.05) is 19.1 Å². The summed E-state index contributed by atoms with van der Waals surface area (Å²) in [5.41, 5.74) is 0.732. The normalized spacial score (nSPS) is 11.6. The van der Waals surface area contributed by atoms with Crippen molar-refractivity contribution in [2.75, 3.05) is 19.8 Å². The molecule has 1 atom stereocenters. The van der Waals surface area contributed by atoms with Crippen LogP contribution in [0, 0.1) is 0 Å². The first-order chi connectivity index (χ1) is 12.0. The molecule has 0 bridgehead atoms. The van der Waals surface area contributed by atoms with Gasteiger partial charge in [0.2, 0.25) is 5.91 Å². The van der Waals surface area contributed by atoms with E-state index in [0.29, 0.717) is 18.9 Å². The van der Waals surface area contributed by atoms with Crippen molar-refractivity contribution in [3.63, 3.8) is 0 Å². The third-order valence-electron chi connectivity index (χ3n) is 3.09. The second kappa shape index (κ2) is 10.9. The smallest absolute Gasteiger partial charge is 0.331 e. The number of likely N-dealkylation sites (N-methyl/N-ethyl adjacent to an activating group) is 1. The number of hydrogen-bond acceptors (Lipinski definition) is 5. The molecule has 0 unspecified atom stereocenters. The fourth-order valence-corrected chi connectivity index (χ4v) is 1.92. The molecule has 0 aromatic heterocycles. The summed E-state index contributed by atoms with van der Waals surface area (Å²) in [6.07, 6.45) is 2.78. The third kappa shape index (κ3) is 7.52. The fourth-order valence-electron chi connectivity index (χ4n) is 1.92. The van der Waals surface area contributed by atoms with Crippen molar-refractivity contribution in [2.45, 2.75) is 26.8 Å². The van der Waals surface area contributed by atoms with Crippen LogP contribution in [0.4, 0.5) is 0 Å². The highest BCUT2D eigenvalue weighted by Gasteiger charge is 2.15. The molecule has 0 spiro atoms. The van der Waals surface area contributed by atoms with Crippen LogP contribution >= 0.6 is 0 Å². The minimum Gasteiger partial charge on any atom is -0.493 e. The Morgan fingerprint density at radius 2 is 1.92 bits per heavy atom. The molecule has 0 saturated carbocycles. The molecule has 2 amide bonds. The van der Waals surface area contributed by atoms with Crippen LogP contribution in [0.2, 0.25) is 0 Å². The molecule has 0 heterocycles. The number of hydrogen-bond donors (Lipinski definition) is 2. The van der Waals surface area contributed by atoms with Crippen LogP contribution in [0.5, 0.6) is 5.75 Å². The van der Waals surface area contributed by atoms with Gasteiger partial charge in [-0.25, -0.2) is 4.79 Å². The molecule has 0 fully saturated rings. The Morgan fingerprint density at radius 1 is 1.20 bits per heavy atom. The van der Waals surface area contributed by atoms with E-state index in [1.165, 1.54) is 6.08 Å². The number of carbonyl (C=O) groups is 3. The highest BCUT2D eigenvalue weighted by atomic mass is 16.5. The van der Waals surface area contributed by atoms with Gasteiger partial charge in [-0.15, -0.1) is 0 Å². The van der Waals surface area contributed by atoms with Crippen LogP contribution in [0.1, 0.15) is 26.3 Å². The van der Waals surface area contributed by atoms with Crippen LogP contribution in [0.25, 0.3) is 6.08 Å². The molecule has 7 nitrogen and oxygen atoms in total. The summed E-state index contributed by atoms with van der Waals surface area (Å²) in [4.78, 5) is 34.9. The van der Waals surface area contributed by atoms with Gasteiger partial charge in [0.1, 0.15) is 11.8 Å². The lowest BCUT2D eigenvalue weighted by molar-refractivity contribution is -0.144. The fraction of sp³-hybridized carbons (Fsp3) is 0.389. The Balaban J connectivity index is 2.47. The van der Waals surface area contributed by atoms with Crippen LogP contribution in [-0.2, 0) is 19.1 Å². The molecule has 136 valence electrons. The molecule has 7 heteroatoms. The largest absolute Gasteiger partial charge is 0.493 e. The topological polar surface area (TPSA) is 93.7 Å². The maximum absolute atomic E-state index is 11.7. The minimum atomic E-state index is -0.695. The Morgan fingerprint density at radius 3 is 2.60 bits per heavy atom. The molecular formula is C18H24N2O5. The van der Waals surface area contributed by atoms with Gasteiger partial charge in [0.25, 0.3) is 5.91 Å². The average molecular weight is 348 g/mol. The summed E-state index contributed by atoms with van der Waals surface area (Å²) in [5.74, 6) is -0.848. The second-order valence-electron chi connectivity index (χ2n) is 5.10. The molecule has 0 aliphatic rings. The van der Waals surface area contributed by atoms with Gasteiger partial charge in [-0.2, -0.15) is 0 Å². The van der Waals surface area contributed by atoms with Crippen molar-refractivity contribution in [3.05, 3.63) is 35.9 Å². The summed E-state index contributed by atoms with van der Waals surface area (Å²) in [6, 6.07) is 6.56. The highest BCUT2D eigenvalue weighted by molar-refractivity contribution is 5.91. The number of rotatable bonds is 9. The molecule has 0 aliphatic heterocycles. The highest BCUT2D eigenvalue weighted by Crippen LogP contribution is 2.19. The zero-order valence-electron chi connectivity index (χ0n) is 14.7. The Labute approximate surface area is 147 Å². The first-order valence-corrected chi connectivity index (χ1v) is 8.11. The van der Waals surface area contributed by atoms with Gasteiger partial charge in [-0.3, -0.25) is 9.59 Å². The number of ether oxygens (including phenoxy) is 2. The summed E-state index contributed by atoms with van der Waals surface area (Å²) in [6.45, 7) is 5.73. The van der Waals surface area contributed by atoms with Gasteiger partial charge >= 0.3 is 5.97 Å². The molecule has 0 saturated heterocycles. The van der Waals surface area contributed by atoms with E-state index < -0.39 is 24.5 Å². The zero-order valence-corrected chi connectivity index (χ0v) is 14.7. The van der Waals surface area contributed by atoms with Crippen molar-refractivity contribution in [3.8, 4) is 5.75 Å². The van der Waals surface area contributed by atoms with E-state index in [9.17, 15) is 14.4 Å². The number of benzene rings is 1. The van der Waals surface area contributed by atoms with E-state index in [-0.39, 0.29) is 5.91 Å². The number of esters is 1. The Kier molecular flexibility index (Phi) is 8.78. The predicted octanol–water partition coefficient (Wildman–Crippen LogP) is 1.28. The summed E-state index contributed by atoms with van der Waals surface area (Å²) >= 11 is 0. The molecule has 1 aromatic rings. The quantitative estimate of drug-likeness (QED) is 0.518. The molecule has 25 heavy (non-hydrogen) atoms. The SMILES string of the molecule is CCNC(=O)[C@@H](C)NC(=O)COC(=O)/C=C/c1ccccc1OCC. The van der Waals surface area contributed by atoms with Gasteiger partial charge in [-0.05, 0) is 32.9 Å². The van der Waals surface area contributed by atoms with Crippen molar-refractivity contribution >= 4 is 23.9 Å². The lowest BCUT2D eigenvalue weighted by atomic mass is 10.2. The first kappa shape index (κ1) is 20.2. The zero-order chi connectivity index (χ0) is 18.7. The molecule has 2 N–H and O–H groups in total. The van der Waals surface area contributed by atoms with E-state index in [2.05, 4.69) is 10.6 Å². The van der Waals surface area contributed by atoms with E-state index in [1.54, 1.807) is 32.1 Å². The average Bonchev–Trinajstić information content (AvgIpc) is 2.59. The second-order valence-corrected chi connectivity index (χ2v) is 5.10. The summed E-state index contributed by atoms with van der Waals surface area (Å²) in [5, 5.41) is 5.03. The van der Waals surface area contributed by atoms with Crippen LogP contribution in [0.15, 0.2) is 30.3 Å². The third-order valence-corrected chi connectivity index (χ3v) is 3.09. The van der Waals surface area contributed by atoms with Gasteiger partial charge in [0.05, 0.1) is 6.61 Å². The first-order valence-electron chi connectivity index (χ1n) is 8.11. The van der Waals surface area contributed by atoms with E-state index >= 15 is 0 Å². The maximum Gasteiger partial charge on any atom is 0.331 e. The number of amides is 2. The van der Waals surface area contributed by atoms with Crippen LogP contribution < -0.4 is 15.4 Å². The molecule has 1 rings (SSSR count). The molecule has 1 aromatic carbocycles. The molecule has 0 radical (unpaired) electrons. The van der Waals surface area contributed by atoms with E-state index in [0.717, 1.165) is 5.56 Å². The lowest BCUT2D eigenvalue weighted by Gasteiger charge is -2.13. The number of carbonyl (C=O) groups excluding carboxylic acids is 3. The predicted molar refractivity (Wildman–Crippen MR) is 93.9 cm³/mol. The maximum atomic E-state index is 11.7. The Bertz CT molecular complexity index is 628. The van der Waals surface area contributed by atoms with Crippen LogP contribution in [-0.4, -0.2) is 43.6 Å². The Hall–Kier alpha value is -2.83. The van der Waals surface area contributed by atoms with Gasteiger partial charge in [-0.1, -0.05) is 18.2 Å². The summed E-state index contributed by atoms with van der Waals surface area (Å²) in [7, 11) is 0. The van der Waals surface area contributed by atoms with Crippen molar-refractivity contribution in [1.29, 1.82) is 0 Å². The molecular weight excluding hydrogens is 324 g/mol. The van der Waals surface area contributed by atoms with Crippen molar-refractivity contribution < 1.29 is 23.9 Å². The lowest BCUT2D eigenvalue weighted by Crippen LogP contribution is -2.46. The number of para-hydroxylation sites is 1. The van der Waals surface area contributed by atoms with Crippen molar-refractivity contribution in [2.24, 2.45) is 0 Å². The van der Waals surface area contributed by atoms with E-state index in [4.69, 9.17) is 9.47 Å². The monoisotopic (exact) mass is 348 g/mol. The summed E-state index contributed by atoms with van der Waals surface area (Å²) < 4.78 is 10.3. The van der Waals surface area contributed by atoms with Gasteiger partial charge < -0.3 is 20.1 Å². The van der Waals surface area contributed by atoms with Crippen molar-refractivity contribution in [1.82, 2.24) is 10.6 Å². The van der Waals surface area contributed by atoms with Gasteiger partial charge in [0.15, 0.2) is 6.61 Å². The number of nitrogens with one attached hydrogen (secondary N) is 2.